The number of thiophene rings is 1. The smallest absolute Gasteiger partial charge is 0.320 e. The van der Waals surface area contributed by atoms with Crippen molar-refractivity contribution < 1.29 is 9.90 Å². The maximum Gasteiger partial charge on any atom is 0.320 e. The Labute approximate surface area is 119 Å². The summed E-state index contributed by atoms with van der Waals surface area (Å²) in [5.41, 5.74) is 2.12. The summed E-state index contributed by atoms with van der Waals surface area (Å²) in [7, 11) is 0. The van der Waals surface area contributed by atoms with Crippen LogP contribution in [0.5, 0.6) is 0 Å². The molecule has 0 saturated carbocycles. The van der Waals surface area contributed by atoms with Gasteiger partial charge in [0.25, 0.3) is 0 Å². The Morgan fingerprint density at radius 3 is 3.16 bits per heavy atom. The number of hydrogen-bond donors (Lipinski definition) is 1. The van der Waals surface area contributed by atoms with Gasteiger partial charge >= 0.3 is 5.97 Å². The molecule has 0 aromatic carbocycles. The number of thiazole rings is 1. The van der Waals surface area contributed by atoms with Gasteiger partial charge in [-0.15, -0.1) is 11.3 Å². The Morgan fingerprint density at radius 2 is 2.42 bits per heavy atom. The van der Waals surface area contributed by atoms with E-state index in [0.29, 0.717) is 6.54 Å². The number of carboxylic acid groups (broad SMARTS) is 1. The number of rotatable bonds is 4. The van der Waals surface area contributed by atoms with Crippen molar-refractivity contribution in [2.75, 3.05) is 6.54 Å². The number of likely N-dealkylation sites (tertiary alicyclic amines) is 1. The SMILES string of the molecule is O=C(O)C1CCCN1Cc1csc(-c2ccsc2)n1. The molecular formula is C13H14N2O2S2. The van der Waals surface area contributed by atoms with Gasteiger partial charge in [0.05, 0.1) is 5.69 Å². The zero-order valence-corrected chi connectivity index (χ0v) is 11.9. The van der Waals surface area contributed by atoms with Crippen LogP contribution in [-0.4, -0.2) is 33.5 Å². The Morgan fingerprint density at radius 1 is 1.53 bits per heavy atom. The fourth-order valence-electron chi connectivity index (χ4n) is 2.40. The van der Waals surface area contributed by atoms with Crippen molar-refractivity contribution in [1.29, 1.82) is 0 Å². The molecule has 1 aliphatic heterocycles. The first-order valence-electron chi connectivity index (χ1n) is 6.18. The van der Waals surface area contributed by atoms with Crippen LogP contribution in [0.15, 0.2) is 22.2 Å². The Bertz CT molecular complexity index is 565. The molecule has 0 amide bonds. The van der Waals surface area contributed by atoms with Gasteiger partial charge in [0.1, 0.15) is 11.0 Å². The molecule has 1 saturated heterocycles. The summed E-state index contributed by atoms with van der Waals surface area (Å²) in [6.07, 6.45) is 1.70. The molecule has 19 heavy (non-hydrogen) atoms. The van der Waals surface area contributed by atoms with Crippen LogP contribution in [-0.2, 0) is 11.3 Å². The van der Waals surface area contributed by atoms with Gasteiger partial charge in [-0.2, -0.15) is 11.3 Å². The number of nitrogens with zero attached hydrogens (tertiary/aromatic N) is 2. The van der Waals surface area contributed by atoms with E-state index in [9.17, 15) is 4.79 Å². The lowest BCUT2D eigenvalue weighted by Gasteiger charge is -2.19. The first kappa shape index (κ1) is 12.8. The van der Waals surface area contributed by atoms with Gasteiger partial charge < -0.3 is 5.11 Å². The molecular weight excluding hydrogens is 280 g/mol. The lowest BCUT2D eigenvalue weighted by atomic mass is 10.2. The van der Waals surface area contributed by atoms with E-state index in [2.05, 4.69) is 16.4 Å². The Balaban J connectivity index is 1.72. The van der Waals surface area contributed by atoms with Crippen molar-refractivity contribution in [3.63, 3.8) is 0 Å². The minimum Gasteiger partial charge on any atom is -0.480 e. The second-order valence-corrected chi connectivity index (χ2v) is 6.26. The third-order valence-corrected chi connectivity index (χ3v) is 4.96. The zero-order valence-electron chi connectivity index (χ0n) is 10.3. The topological polar surface area (TPSA) is 53.4 Å². The molecule has 0 radical (unpaired) electrons. The van der Waals surface area contributed by atoms with E-state index in [4.69, 9.17) is 5.11 Å². The molecule has 0 aliphatic carbocycles. The highest BCUT2D eigenvalue weighted by atomic mass is 32.1. The van der Waals surface area contributed by atoms with Crippen LogP contribution in [0, 0.1) is 0 Å². The van der Waals surface area contributed by atoms with Crippen LogP contribution >= 0.6 is 22.7 Å². The summed E-state index contributed by atoms with van der Waals surface area (Å²) >= 11 is 3.28. The van der Waals surface area contributed by atoms with Gasteiger partial charge in [-0.25, -0.2) is 4.98 Å². The second kappa shape index (κ2) is 5.40. The average Bonchev–Trinajstić information content (AvgIpc) is 3.09. The van der Waals surface area contributed by atoms with E-state index >= 15 is 0 Å². The predicted octanol–water partition coefficient (Wildman–Crippen LogP) is 2.92. The van der Waals surface area contributed by atoms with E-state index < -0.39 is 5.97 Å². The standard InChI is InChI=1S/C13H14N2O2S2/c16-13(17)11-2-1-4-15(11)6-10-8-19-12(14-10)9-3-5-18-7-9/h3,5,7-8,11H,1-2,4,6H2,(H,16,17). The molecule has 4 nitrogen and oxygen atoms in total. The van der Waals surface area contributed by atoms with E-state index in [-0.39, 0.29) is 6.04 Å². The lowest BCUT2D eigenvalue weighted by molar-refractivity contribution is -0.142. The summed E-state index contributed by atoms with van der Waals surface area (Å²) in [5, 5.41) is 16.3. The summed E-state index contributed by atoms with van der Waals surface area (Å²) in [6.45, 7) is 1.49. The summed E-state index contributed by atoms with van der Waals surface area (Å²) < 4.78 is 0. The minimum absolute atomic E-state index is 0.341. The van der Waals surface area contributed by atoms with Crippen LogP contribution in [0.4, 0.5) is 0 Å². The first-order chi connectivity index (χ1) is 9.24. The van der Waals surface area contributed by atoms with Crippen molar-refractivity contribution in [2.45, 2.75) is 25.4 Å². The van der Waals surface area contributed by atoms with E-state index in [1.807, 2.05) is 15.7 Å². The van der Waals surface area contributed by atoms with Gasteiger partial charge in [0, 0.05) is 22.9 Å². The molecule has 0 spiro atoms. The summed E-state index contributed by atoms with van der Waals surface area (Å²) in [6, 6.07) is 1.72. The van der Waals surface area contributed by atoms with Gasteiger partial charge in [0.2, 0.25) is 0 Å². The third kappa shape index (κ3) is 2.70. The van der Waals surface area contributed by atoms with Gasteiger partial charge in [-0.3, -0.25) is 9.69 Å². The Kier molecular flexibility index (Phi) is 3.63. The molecule has 2 aromatic rings. The fraction of sp³-hybridized carbons (Fsp3) is 0.385. The third-order valence-electron chi connectivity index (χ3n) is 3.33. The van der Waals surface area contributed by atoms with Crippen molar-refractivity contribution in [1.82, 2.24) is 9.88 Å². The van der Waals surface area contributed by atoms with Crippen LogP contribution in [0.3, 0.4) is 0 Å². The molecule has 0 bridgehead atoms. The molecule has 2 aromatic heterocycles. The molecule has 3 rings (SSSR count). The van der Waals surface area contributed by atoms with Crippen LogP contribution in [0.25, 0.3) is 10.6 Å². The van der Waals surface area contributed by atoms with Crippen molar-refractivity contribution >= 4 is 28.6 Å². The number of carboxylic acids is 1. The van der Waals surface area contributed by atoms with Crippen LogP contribution < -0.4 is 0 Å². The van der Waals surface area contributed by atoms with E-state index in [0.717, 1.165) is 35.7 Å². The Hall–Kier alpha value is -1.24. The number of hydrogen-bond acceptors (Lipinski definition) is 5. The molecule has 1 fully saturated rings. The number of aliphatic carboxylic acids is 1. The van der Waals surface area contributed by atoms with E-state index in [1.54, 1.807) is 22.7 Å². The summed E-state index contributed by atoms with van der Waals surface area (Å²) in [4.78, 5) is 17.7. The predicted molar refractivity (Wildman–Crippen MR) is 76.5 cm³/mol. The second-order valence-electron chi connectivity index (χ2n) is 4.62. The molecule has 1 N–H and O–H groups in total. The first-order valence-corrected chi connectivity index (χ1v) is 8.00. The molecule has 6 heteroatoms. The largest absolute Gasteiger partial charge is 0.480 e. The van der Waals surface area contributed by atoms with Crippen molar-refractivity contribution in [3.8, 4) is 10.6 Å². The lowest BCUT2D eigenvalue weighted by Crippen LogP contribution is -2.35. The quantitative estimate of drug-likeness (QED) is 0.942. The highest BCUT2D eigenvalue weighted by Gasteiger charge is 2.30. The monoisotopic (exact) mass is 294 g/mol. The maximum atomic E-state index is 11.1. The van der Waals surface area contributed by atoms with Crippen molar-refractivity contribution in [3.05, 3.63) is 27.9 Å². The molecule has 100 valence electrons. The van der Waals surface area contributed by atoms with Gasteiger partial charge in [-0.1, -0.05) is 0 Å². The number of carbonyl (C=O) groups is 1. The normalized spacial score (nSPS) is 19.9. The highest BCUT2D eigenvalue weighted by molar-refractivity contribution is 7.14. The molecule has 1 atom stereocenters. The highest BCUT2D eigenvalue weighted by Crippen LogP contribution is 2.27. The minimum atomic E-state index is -0.717. The van der Waals surface area contributed by atoms with Gasteiger partial charge in [0.15, 0.2) is 0 Å². The number of aromatic nitrogens is 1. The summed E-state index contributed by atoms with van der Waals surface area (Å²) in [5.74, 6) is -0.717. The van der Waals surface area contributed by atoms with Crippen molar-refractivity contribution in [2.24, 2.45) is 0 Å². The molecule has 1 aliphatic rings. The molecule has 1 unspecified atom stereocenters. The average molecular weight is 294 g/mol. The fourth-order valence-corrected chi connectivity index (χ4v) is 3.92. The van der Waals surface area contributed by atoms with Gasteiger partial charge in [-0.05, 0) is 30.8 Å². The van der Waals surface area contributed by atoms with E-state index in [1.165, 1.54) is 0 Å². The molecule has 3 heterocycles. The van der Waals surface area contributed by atoms with Crippen LogP contribution in [0.1, 0.15) is 18.5 Å². The maximum absolute atomic E-state index is 11.1. The zero-order chi connectivity index (χ0) is 13.2. The van der Waals surface area contributed by atoms with Crippen LogP contribution in [0.2, 0.25) is 0 Å².